The first kappa shape index (κ1) is 17.5. The molecule has 0 saturated heterocycles. The molecule has 1 aromatic carbocycles. The lowest BCUT2D eigenvalue weighted by molar-refractivity contribution is 0.246. The topological polar surface area (TPSA) is 70.6 Å². The molecule has 1 unspecified atom stereocenters. The Morgan fingerprint density at radius 1 is 1.29 bits per heavy atom. The average Bonchev–Trinajstić information content (AvgIpc) is 2.40. The Bertz CT molecular complexity index is 469. The lowest BCUT2D eigenvalue weighted by atomic mass is 9.94. The smallest absolute Gasteiger partial charge is 0.193 e. The number of guanidine groups is 1. The summed E-state index contributed by atoms with van der Waals surface area (Å²) in [4.78, 5) is 4.42. The van der Waals surface area contributed by atoms with Gasteiger partial charge in [-0.05, 0) is 61.8 Å². The maximum Gasteiger partial charge on any atom is 0.193 e. The lowest BCUT2D eigenvalue weighted by Gasteiger charge is -2.16. The first-order chi connectivity index (χ1) is 9.92. The van der Waals surface area contributed by atoms with Gasteiger partial charge < -0.3 is 16.2 Å². The standard InChI is InChI=1S/C17H29N3O/c1-12(2)9-15(7-8-21)11-19-17(18)20-16-6-5-13(3)14(4)10-16/h5-6,10,12,15,21H,7-9,11H2,1-4H3,(H3,18,19,20). The third kappa shape index (κ3) is 6.63. The number of aliphatic hydroxyl groups is 1. The van der Waals surface area contributed by atoms with Crippen LogP contribution in [0.2, 0.25) is 0 Å². The van der Waals surface area contributed by atoms with E-state index in [9.17, 15) is 0 Å². The minimum absolute atomic E-state index is 0.206. The molecule has 21 heavy (non-hydrogen) atoms. The van der Waals surface area contributed by atoms with Crippen LogP contribution in [0.15, 0.2) is 23.2 Å². The van der Waals surface area contributed by atoms with E-state index in [1.54, 1.807) is 0 Å². The Kier molecular flexibility index (Phi) is 7.23. The fraction of sp³-hybridized carbons (Fsp3) is 0.588. The van der Waals surface area contributed by atoms with Crippen LogP contribution in [0.1, 0.15) is 37.8 Å². The van der Waals surface area contributed by atoms with Crippen molar-refractivity contribution in [3.8, 4) is 0 Å². The predicted octanol–water partition coefficient (Wildman–Crippen LogP) is 3.07. The molecule has 0 aromatic heterocycles. The Hall–Kier alpha value is -1.55. The number of anilines is 1. The van der Waals surface area contributed by atoms with Crippen molar-refractivity contribution >= 4 is 11.6 Å². The van der Waals surface area contributed by atoms with E-state index in [0.717, 1.165) is 18.5 Å². The molecule has 1 aromatic rings. The quantitative estimate of drug-likeness (QED) is 0.534. The highest BCUT2D eigenvalue weighted by molar-refractivity contribution is 5.92. The van der Waals surface area contributed by atoms with Crippen molar-refractivity contribution in [3.63, 3.8) is 0 Å². The van der Waals surface area contributed by atoms with Crippen molar-refractivity contribution in [2.24, 2.45) is 22.6 Å². The molecule has 1 rings (SSSR count). The zero-order valence-electron chi connectivity index (χ0n) is 13.7. The molecule has 0 spiro atoms. The molecule has 118 valence electrons. The van der Waals surface area contributed by atoms with Gasteiger partial charge in [0.25, 0.3) is 0 Å². The molecule has 0 aliphatic carbocycles. The highest BCUT2D eigenvalue weighted by Crippen LogP contribution is 2.16. The molecule has 0 fully saturated rings. The van der Waals surface area contributed by atoms with E-state index in [1.165, 1.54) is 11.1 Å². The molecule has 4 nitrogen and oxygen atoms in total. The van der Waals surface area contributed by atoms with Gasteiger partial charge in [0.15, 0.2) is 5.96 Å². The highest BCUT2D eigenvalue weighted by atomic mass is 16.3. The predicted molar refractivity (Wildman–Crippen MR) is 90.7 cm³/mol. The van der Waals surface area contributed by atoms with Gasteiger partial charge in [-0.1, -0.05) is 19.9 Å². The van der Waals surface area contributed by atoms with Crippen molar-refractivity contribution in [3.05, 3.63) is 29.3 Å². The summed E-state index contributed by atoms with van der Waals surface area (Å²) >= 11 is 0. The van der Waals surface area contributed by atoms with Crippen molar-refractivity contribution in [1.29, 1.82) is 0 Å². The molecule has 4 heteroatoms. The van der Waals surface area contributed by atoms with Crippen LogP contribution in [0.3, 0.4) is 0 Å². The number of aliphatic hydroxyl groups excluding tert-OH is 1. The van der Waals surface area contributed by atoms with E-state index in [2.05, 4.69) is 50.1 Å². The van der Waals surface area contributed by atoms with E-state index in [1.807, 2.05) is 6.07 Å². The molecule has 0 bridgehead atoms. The molecule has 0 aliphatic rings. The van der Waals surface area contributed by atoms with Crippen molar-refractivity contribution in [2.75, 3.05) is 18.5 Å². The third-order valence-corrected chi connectivity index (χ3v) is 3.64. The molecule has 0 amide bonds. The summed E-state index contributed by atoms with van der Waals surface area (Å²) < 4.78 is 0. The van der Waals surface area contributed by atoms with E-state index >= 15 is 0 Å². The average molecular weight is 291 g/mol. The third-order valence-electron chi connectivity index (χ3n) is 3.64. The number of hydrogen-bond donors (Lipinski definition) is 3. The summed E-state index contributed by atoms with van der Waals surface area (Å²) in [6.07, 6.45) is 1.83. The second-order valence-electron chi connectivity index (χ2n) is 6.16. The van der Waals surface area contributed by atoms with E-state index in [0.29, 0.717) is 24.3 Å². The second kappa shape index (κ2) is 8.67. The molecule has 4 N–H and O–H groups in total. The largest absolute Gasteiger partial charge is 0.396 e. The van der Waals surface area contributed by atoms with Crippen molar-refractivity contribution < 1.29 is 5.11 Å². The zero-order valence-corrected chi connectivity index (χ0v) is 13.7. The molecular formula is C17H29N3O. The van der Waals surface area contributed by atoms with Crippen LogP contribution in [0, 0.1) is 25.7 Å². The van der Waals surface area contributed by atoms with Crippen LogP contribution in [-0.2, 0) is 0 Å². The number of benzene rings is 1. The number of hydrogen-bond acceptors (Lipinski definition) is 2. The van der Waals surface area contributed by atoms with Crippen molar-refractivity contribution in [1.82, 2.24) is 0 Å². The van der Waals surface area contributed by atoms with Gasteiger partial charge in [-0.25, -0.2) is 0 Å². The van der Waals surface area contributed by atoms with E-state index in [-0.39, 0.29) is 6.61 Å². The molecule has 0 saturated carbocycles. The first-order valence-corrected chi connectivity index (χ1v) is 7.67. The van der Waals surface area contributed by atoms with Gasteiger partial charge in [-0.2, -0.15) is 0 Å². The fourth-order valence-corrected chi connectivity index (χ4v) is 2.37. The summed E-state index contributed by atoms with van der Waals surface area (Å²) in [6, 6.07) is 6.14. The molecule has 1 atom stereocenters. The molecular weight excluding hydrogens is 262 g/mol. The van der Waals surface area contributed by atoms with E-state index < -0.39 is 0 Å². The van der Waals surface area contributed by atoms with Gasteiger partial charge in [0, 0.05) is 18.8 Å². The van der Waals surface area contributed by atoms with Crippen LogP contribution in [0.5, 0.6) is 0 Å². The number of aryl methyl sites for hydroxylation is 2. The Morgan fingerprint density at radius 3 is 2.57 bits per heavy atom. The number of aliphatic imine (C=N–C) groups is 1. The summed E-state index contributed by atoms with van der Waals surface area (Å²) in [5.41, 5.74) is 9.39. The Balaban J connectivity index is 2.59. The van der Waals surface area contributed by atoms with Gasteiger partial charge in [-0.3, -0.25) is 4.99 Å². The van der Waals surface area contributed by atoms with Gasteiger partial charge >= 0.3 is 0 Å². The monoisotopic (exact) mass is 291 g/mol. The van der Waals surface area contributed by atoms with Crippen LogP contribution in [0.25, 0.3) is 0 Å². The lowest BCUT2D eigenvalue weighted by Crippen LogP contribution is -2.24. The SMILES string of the molecule is Cc1ccc(NC(N)=NCC(CCO)CC(C)C)cc1C. The van der Waals surface area contributed by atoms with Crippen LogP contribution < -0.4 is 11.1 Å². The minimum atomic E-state index is 0.206. The van der Waals surface area contributed by atoms with Gasteiger partial charge in [0.2, 0.25) is 0 Å². The van der Waals surface area contributed by atoms with Gasteiger partial charge in [0.05, 0.1) is 0 Å². The summed E-state index contributed by atoms with van der Waals surface area (Å²) in [7, 11) is 0. The molecule has 0 radical (unpaired) electrons. The van der Waals surface area contributed by atoms with Crippen LogP contribution >= 0.6 is 0 Å². The van der Waals surface area contributed by atoms with Gasteiger partial charge in [-0.15, -0.1) is 0 Å². The number of nitrogens with one attached hydrogen (secondary N) is 1. The minimum Gasteiger partial charge on any atom is -0.396 e. The number of rotatable bonds is 7. The fourth-order valence-electron chi connectivity index (χ4n) is 2.37. The summed E-state index contributed by atoms with van der Waals surface area (Å²) in [5.74, 6) is 1.42. The Morgan fingerprint density at radius 2 is 2.00 bits per heavy atom. The molecule has 0 aliphatic heterocycles. The maximum absolute atomic E-state index is 9.11. The molecule has 0 heterocycles. The van der Waals surface area contributed by atoms with Gasteiger partial charge in [0.1, 0.15) is 0 Å². The normalized spacial score (nSPS) is 13.5. The first-order valence-electron chi connectivity index (χ1n) is 7.67. The maximum atomic E-state index is 9.11. The van der Waals surface area contributed by atoms with E-state index in [4.69, 9.17) is 10.8 Å². The summed E-state index contributed by atoms with van der Waals surface area (Å²) in [6.45, 7) is 9.39. The Labute approximate surface area is 128 Å². The van der Waals surface area contributed by atoms with Crippen molar-refractivity contribution in [2.45, 2.75) is 40.5 Å². The number of nitrogens with two attached hydrogens (primary N) is 1. The summed E-state index contributed by atoms with van der Waals surface area (Å²) in [5, 5.41) is 12.2. The van der Waals surface area contributed by atoms with Crippen LogP contribution in [0.4, 0.5) is 5.69 Å². The van der Waals surface area contributed by atoms with Crippen LogP contribution in [-0.4, -0.2) is 24.2 Å². The highest BCUT2D eigenvalue weighted by Gasteiger charge is 2.10. The number of nitrogens with zero attached hydrogens (tertiary/aromatic N) is 1. The zero-order chi connectivity index (χ0) is 15.8. The second-order valence-corrected chi connectivity index (χ2v) is 6.16.